The van der Waals surface area contributed by atoms with Crippen LogP contribution in [0, 0.1) is 12.8 Å². The maximum Gasteiger partial charge on any atom is 0.265 e. The molecule has 3 N–H and O–H groups in total. The number of likely N-dealkylation sites (tertiary alicyclic amines) is 1. The summed E-state index contributed by atoms with van der Waals surface area (Å²) in [7, 11) is -3.77. The number of hydrogen-bond donors (Lipinski definition) is 3. The van der Waals surface area contributed by atoms with E-state index in [4.69, 9.17) is 0 Å². The molecule has 11 nitrogen and oxygen atoms in total. The summed E-state index contributed by atoms with van der Waals surface area (Å²) in [6.07, 6.45) is 4.04. The van der Waals surface area contributed by atoms with E-state index >= 15 is 0 Å². The Labute approximate surface area is 230 Å². The Hall–Kier alpha value is -4.03. The average molecular weight is 563 g/mol. The number of hydrogen-bond acceptors (Lipinski definition) is 7. The minimum Gasteiger partial charge on any atom is -0.388 e. The van der Waals surface area contributed by atoms with E-state index in [-0.39, 0.29) is 39.9 Å². The summed E-state index contributed by atoms with van der Waals surface area (Å²) in [5.41, 5.74) is 0.872. The number of carbonyl (C=O) groups is 1. The standard InChI is InChI=1S/C28H30N6O5S/c1-18-4-2-3-5-22(18)40(38,39)32-21-10-8-19(9-11-21)24-23-25(31-30-24)29-17-34(27(23)36)16-28(37)12-14-33(15-13-28)26(35)20-6-7-20/h2-5,8-11,17,20,32,37H,6-7,12-16H2,1H3,(H,30,31). The fraction of sp³-hybridized carbons (Fsp3) is 0.357. The van der Waals surface area contributed by atoms with Crippen LogP contribution in [0.2, 0.25) is 0 Å². The molecule has 0 bridgehead atoms. The number of carbonyl (C=O) groups excluding carboxylic acids is 1. The van der Waals surface area contributed by atoms with E-state index in [0.717, 1.165) is 12.8 Å². The fourth-order valence-corrected chi connectivity index (χ4v) is 6.56. The van der Waals surface area contributed by atoms with Crippen molar-refractivity contribution in [1.29, 1.82) is 0 Å². The van der Waals surface area contributed by atoms with Gasteiger partial charge in [0.1, 0.15) is 11.7 Å². The van der Waals surface area contributed by atoms with Crippen molar-refractivity contribution in [2.45, 2.75) is 49.6 Å². The van der Waals surface area contributed by atoms with Gasteiger partial charge in [0.15, 0.2) is 5.65 Å². The first kappa shape index (κ1) is 26.2. The Morgan fingerprint density at radius 3 is 2.50 bits per heavy atom. The van der Waals surface area contributed by atoms with Crippen molar-refractivity contribution in [1.82, 2.24) is 24.6 Å². The van der Waals surface area contributed by atoms with Crippen molar-refractivity contribution in [2.75, 3.05) is 17.8 Å². The van der Waals surface area contributed by atoms with E-state index in [9.17, 15) is 23.1 Å². The smallest absolute Gasteiger partial charge is 0.265 e. The molecule has 6 rings (SSSR count). The zero-order chi connectivity index (χ0) is 28.1. The second-order valence-electron chi connectivity index (χ2n) is 10.7. The van der Waals surface area contributed by atoms with E-state index < -0.39 is 15.6 Å². The number of piperidine rings is 1. The van der Waals surface area contributed by atoms with Crippen molar-refractivity contribution in [3.63, 3.8) is 0 Å². The lowest BCUT2D eigenvalue weighted by Crippen LogP contribution is -2.50. The first-order valence-electron chi connectivity index (χ1n) is 13.3. The molecule has 1 amide bonds. The van der Waals surface area contributed by atoms with E-state index in [0.29, 0.717) is 48.4 Å². The fourth-order valence-electron chi connectivity index (χ4n) is 5.25. The molecule has 2 aliphatic rings. The van der Waals surface area contributed by atoms with Crippen molar-refractivity contribution < 1.29 is 18.3 Å². The van der Waals surface area contributed by atoms with Crippen LogP contribution in [0.1, 0.15) is 31.2 Å². The molecule has 0 atom stereocenters. The maximum absolute atomic E-state index is 13.5. The second kappa shape index (κ2) is 9.86. The van der Waals surface area contributed by atoms with Gasteiger partial charge in [-0.25, -0.2) is 13.4 Å². The summed E-state index contributed by atoms with van der Waals surface area (Å²) < 4.78 is 29.7. The molecule has 0 radical (unpaired) electrons. The van der Waals surface area contributed by atoms with Crippen LogP contribution in [0.4, 0.5) is 5.69 Å². The van der Waals surface area contributed by atoms with Gasteiger partial charge in [0.2, 0.25) is 5.91 Å². The molecule has 2 aromatic heterocycles. The van der Waals surface area contributed by atoms with Crippen LogP contribution in [-0.4, -0.2) is 62.8 Å². The minimum absolute atomic E-state index is 0.0600. The highest BCUT2D eigenvalue weighted by molar-refractivity contribution is 7.92. The number of anilines is 1. The van der Waals surface area contributed by atoms with Crippen LogP contribution in [0.5, 0.6) is 0 Å². The highest BCUT2D eigenvalue weighted by Gasteiger charge is 2.39. The van der Waals surface area contributed by atoms with Crippen LogP contribution < -0.4 is 10.3 Å². The van der Waals surface area contributed by atoms with Gasteiger partial charge in [-0.1, -0.05) is 30.3 Å². The molecule has 0 spiro atoms. The Balaban J connectivity index is 1.21. The molecule has 1 aliphatic heterocycles. The van der Waals surface area contributed by atoms with Crippen molar-refractivity contribution >= 4 is 32.7 Å². The SMILES string of the molecule is Cc1ccccc1S(=O)(=O)Nc1ccc(-c2[nH]nc3ncn(CC4(O)CCN(C(=O)C5CC5)CC4)c(=O)c23)cc1. The van der Waals surface area contributed by atoms with Gasteiger partial charge in [-0.15, -0.1) is 0 Å². The normalized spacial score (nSPS) is 17.2. The molecule has 40 heavy (non-hydrogen) atoms. The monoisotopic (exact) mass is 562 g/mol. The molecule has 0 unspecified atom stereocenters. The second-order valence-corrected chi connectivity index (χ2v) is 12.4. The van der Waals surface area contributed by atoms with E-state index in [1.807, 2.05) is 4.90 Å². The predicted octanol–water partition coefficient (Wildman–Crippen LogP) is 2.66. The summed E-state index contributed by atoms with van der Waals surface area (Å²) in [5.74, 6) is 0.307. The number of sulfonamides is 1. The summed E-state index contributed by atoms with van der Waals surface area (Å²) in [4.78, 5) is 32.2. The lowest BCUT2D eigenvalue weighted by Gasteiger charge is -2.38. The van der Waals surface area contributed by atoms with Gasteiger partial charge in [-0.05, 0) is 56.4 Å². The third kappa shape index (κ3) is 5.00. The quantitative estimate of drug-likeness (QED) is 0.313. The molecular formula is C28H30N6O5S. The van der Waals surface area contributed by atoms with E-state index in [1.165, 1.54) is 10.9 Å². The number of nitrogens with zero attached hydrogens (tertiary/aromatic N) is 4. The number of aryl methyl sites for hydroxylation is 1. The van der Waals surface area contributed by atoms with E-state index in [1.54, 1.807) is 55.5 Å². The van der Waals surface area contributed by atoms with Gasteiger partial charge in [0.25, 0.3) is 15.6 Å². The molecule has 1 saturated carbocycles. The van der Waals surface area contributed by atoms with Gasteiger partial charge in [-0.2, -0.15) is 5.10 Å². The number of benzene rings is 2. The van der Waals surface area contributed by atoms with Crippen LogP contribution in [0.25, 0.3) is 22.3 Å². The Morgan fingerprint density at radius 2 is 1.82 bits per heavy atom. The molecule has 2 aromatic carbocycles. The zero-order valence-corrected chi connectivity index (χ0v) is 22.8. The lowest BCUT2D eigenvalue weighted by atomic mass is 9.91. The summed E-state index contributed by atoms with van der Waals surface area (Å²) >= 11 is 0. The van der Waals surface area contributed by atoms with Crippen LogP contribution in [0.15, 0.2) is 64.5 Å². The Morgan fingerprint density at radius 1 is 1.12 bits per heavy atom. The minimum atomic E-state index is -3.77. The van der Waals surface area contributed by atoms with Gasteiger partial charge >= 0.3 is 0 Å². The first-order valence-corrected chi connectivity index (χ1v) is 14.8. The highest BCUT2D eigenvalue weighted by atomic mass is 32.2. The molecule has 208 valence electrons. The lowest BCUT2D eigenvalue weighted by molar-refractivity contribution is -0.137. The molecule has 1 saturated heterocycles. The van der Waals surface area contributed by atoms with E-state index in [2.05, 4.69) is 19.9 Å². The predicted molar refractivity (Wildman–Crippen MR) is 149 cm³/mol. The van der Waals surface area contributed by atoms with Gasteiger partial charge in [-0.3, -0.25) is 24.0 Å². The third-order valence-corrected chi connectivity index (χ3v) is 9.29. The van der Waals surface area contributed by atoms with Crippen LogP contribution in [0.3, 0.4) is 0 Å². The molecule has 3 heterocycles. The highest BCUT2D eigenvalue weighted by Crippen LogP contribution is 2.33. The Bertz CT molecular complexity index is 1750. The number of H-pyrrole nitrogens is 1. The van der Waals surface area contributed by atoms with Crippen molar-refractivity contribution in [3.05, 3.63) is 70.8 Å². The van der Waals surface area contributed by atoms with Crippen molar-refractivity contribution in [2.24, 2.45) is 5.92 Å². The first-order chi connectivity index (χ1) is 19.1. The van der Waals surface area contributed by atoms with Crippen LogP contribution >= 0.6 is 0 Å². The van der Waals surface area contributed by atoms with Gasteiger partial charge in [0, 0.05) is 30.3 Å². The zero-order valence-electron chi connectivity index (χ0n) is 22.0. The number of fused-ring (bicyclic) bond motifs is 1. The molecule has 2 fully saturated rings. The molecule has 4 aromatic rings. The van der Waals surface area contributed by atoms with Crippen molar-refractivity contribution in [3.8, 4) is 11.3 Å². The average Bonchev–Trinajstić information content (AvgIpc) is 3.69. The summed E-state index contributed by atoms with van der Waals surface area (Å²) in [5, 5.41) is 18.6. The number of aromatic amines is 1. The number of aliphatic hydroxyl groups is 1. The third-order valence-electron chi connectivity index (χ3n) is 7.75. The topological polar surface area (TPSA) is 150 Å². The number of nitrogens with one attached hydrogen (secondary N) is 2. The largest absolute Gasteiger partial charge is 0.388 e. The maximum atomic E-state index is 13.5. The van der Waals surface area contributed by atoms with Gasteiger partial charge < -0.3 is 10.0 Å². The van der Waals surface area contributed by atoms with Gasteiger partial charge in [0.05, 0.1) is 22.7 Å². The molecular weight excluding hydrogens is 532 g/mol. The number of rotatable bonds is 7. The Kier molecular flexibility index (Phi) is 6.46. The molecule has 12 heteroatoms. The molecule has 1 aliphatic carbocycles. The number of aromatic nitrogens is 4. The summed E-state index contributed by atoms with van der Waals surface area (Å²) in [6.45, 7) is 2.73. The summed E-state index contributed by atoms with van der Waals surface area (Å²) in [6, 6.07) is 13.4. The van der Waals surface area contributed by atoms with Crippen LogP contribution in [-0.2, 0) is 21.4 Å². The number of amides is 1.